The van der Waals surface area contributed by atoms with Crippen LogP contribution in [0.5, 0.6) is 0 Å². The van der Waals surface area contributed by atoms with E-state index in [9.17, 15) is 12.8 Å². The first-order valence-electron chi connectivity index (χ1n) is 5.98. The smallest absolute Gasteiger partial charge is 0.196 e. The highest BCUT2D eigenvalue weighted by Gasteiger charge is 2.50. The maximum absolute atomic E-state index is 13.0. The molecule has 0 aliphatic carbocycles. The van der Waals surface area contributed by atoms with Gasteiger partial charge in [0.2, 0.25) is 0 Å². The van der Waals surface area contributed by atoms with Crippen LogP contribution in [0.15, 0.2) is 29.3 Å². The largest absolute Gasteiger partial charge is 0.369 e. The fraction of sp³-hybridized carbons (Fsp3) is 0.417. The van der Waals surface area contributed by atoms with Gasteiger partial charge in [0.05, 0.1) is 23.6 Å². The van der Waals surface area contributed by atoms with Crippen LogP contribution in [0.1, 0.15) is 6.42 Å². The molecule has 1 fully saturated rings. The lowest BCUT2D eigenvalue weighted by Crippen LogP contribution is -2.53. The molecule has 102 valence electrons. The lowest BCUT2D eigenvalue weighted by molar-refractivity contribution is 0.512. The summed E-state index contributed by atoms with van der Waals surface area (Å²) in [5.74, 6) is 0.143. The van der Waals surface area contributed by atoms with Crippen LogP contribution in [0.3, 0.4) is 0 Å². The second kappa shape index (κ2) is 3.93. The SMILES string of the molecule is NC1=NCC2(CCS(=O)(=O)C2)N1c1ccc(F)cc1. The van der Waals surface area contributed by atoms with Crippen LogP contribution in [-0.4, -0.2) is 38.0 Å². The fourth-order valence-electron chi connectivity index (χ4n) is 2.81. The number of sulfone groups is 1. The van der Waals surface area contributed by atoms with E-state index < -0.39 is 15.4 Å². The van der Waals surface area contributed by atoms with Crippen molar-refractivity contribution in [1.29, 1.82) is 0 Å². The molecule has 19 heavy (non-hydrogen) atoms. The molecule has 0 bridgehead atoms. The summed E-state index contributed by atoms with van der Waals surface area (Å²) in [6, 6.07) is 5.85. The Hall–Kier alpha value is -1.63. The van der Waals surface area contributed by atoms with Crippen molar-refractivity contribution in [2.45, 2.75) is 12.0 Å². The molecule has 1 atom stereocenters. The number of halogens is 1. The van der Waals surface area contributed by atoms with Crippen LogP contribution < -0.4 is 10.6 Å². The number of anilines is 1. The zero-order valence-electron chi connectivity index (χ0n) is 10.2. The highest BCUT2D eigenvalue weighted by atomic mass is 32.2. The maximum Gasteiger partial charge on any atom is 0.196 e. The predicted molar refractivity (Wildman–Crippen MR) is 71.4 cm³/mol. The Morgan fingerprint density at radius 2 is 2.00 bits per heavy atom. The second-order valence-corrected chi connectivity index (χ2v) is 7.24. The summed E-state index contributed by atoms with van der Waals surface area (Å²) >= 11 is 0. The number of guanidine groups is 1. The number of rotatable bonds is 1. The molecule has 0 amide bonds. The molecule has 2 aliphatic heterocycles. The standard InChI is InChI=1S/C12H14FN3O2S/c13-9-1-3-10(4-2-9)16-11(14)15-7-12(16)5-6-19(17,18)8-12/h1-4H,5-8H2,(H2,14,15). The van der Waals surface area contributed by atoms with Crippen molar-refractivity contribution in [3.63, 3.8) is 0 Å². The second-order valence-electron chi connectivity index (χ2n) is 5.05. The molecule has 0 radical (unpaired) electrons. The minimum Gasteiger partial charge on any atom is -0.369 e. The van der Waals surface area contributed by atoms with Gasteiger partial charge in [-0.3, -0.25) is 4.99 Å². The minimum absolute atomic E-state index is 0.0432. The van der Waals surface area contributed by atoms with Gasteiger partial charge in [0, 0.05) is 5.69 Å². The molecule has 1 spiro atoms. The Morgan fingerprint density at radius 3 is 2.58 bits per heavy atom. The van der Waals surface area contributed by atoms with Crippen molar-refractivity contribution < 1.29 is 12.8 Å². The molecule has 2 aliphatic rings. The number of aliphatic imine (C=N–C) groups is 1. The highest BCUT2D eigenvalue weighted by Crippen LogP contribution is 2.37. The summed E-state index contributed by atoms with van der Waals surface area (Å²) in [5.41, 5.74) is 5.96. The molecule has 1 saturated heterocycles. The van der Waals surface area contributed by atoms with Crippen LogP contribution in [0, 0.1) is 5.82 Å². The summed E-state index contributed by atoms with van der Waals surface area (Å²) in [6.45, 7) is 0.370. The first-order valence-corrected chi connectivity index (χ1v) is 7.80. The lowest BCUT2D eigenvalue weighted by Gasteiger charge is -2.34. The summed E-state index contributed by atoms with van der Waals surface area (Å²) in [5, 5.41) is 0. The lowest BCUT2D eigenvalue weighted by atomic mass is 9.97. The van der Waals surface area contributed by atoms with Gasteiger partial charge in [-0.15, -0.1) is 0 Å². The average molecular weight is 283 g/mol. The maximum atomic E-state index is 13.0. The molecule has 0 saturated carbocycles. The monoisotopic (exact) mass is 283 g/mol. The van der Waals surface area contributed by atoms with Gasteiger partial charge in [0.1, 0.15) is 5.82 Å². The van der Waals surface area contributed by atoms with Gasteiger partial charge in [0.15, 0.2) is 15.8 Å². The number of hydrogen-bond acceptors (Lipinski definition) is 5. The topological polar surface area (TPSA) is 75.8 Å². The van der Waals surface area contributed by atoms with Crippen molar-refractivity contribution in [3.8, 4) is 0 Å². The van der Waals surface area contributed by atoms with Crippen LogP contribution in [-0.2, 0) is 9.84 Å². The molecule has 2 N–H and O–H groups in total. The summed E-state index contributed by atoms with van der Waals surface area (Å²) < 4.78 is 36.5. The van der Waals surface area contributed by atoms with Gasteiger partial charge >= 0.3 is 0 Å². The summed E-state index contributed by atoms with van der Waals surface area (Å²) in [4.78, 5) is 5.91. The Balaban J connectivity index is 2.02. The number of nitrogens with two attached hydrogens (primary N) is 1. The van der Waals surface area contributed by atoms with E-state index >= 15 is 0 Å². The molecule has 0 aromatic heterocycles. The average Bonchev–Trinajstić information content (AvgIpc) is 2.82. The Bertz CT molecular complexity index is 641. The normalized spacial score (nSPS) is 28.9. The third kappa shape index (κ3) is 1.98. The fourth-order valence-corrected chi connectivity index (χ4v) is 4.83. The molecule has 1 aromatic rings. The van der Waals surface area contributed by atoms with E-state index in [1.807, 2.05) is 0 Å². The van der Waals surface area contributed by atoms with Crippen molar-refractivity contribution in [3.05, 3.63) is 30.1 Å². The first-order chi connectivity index (χ1) is 8.92. The van der Waals surface area contributed by atoms with Gasteiger partial charge in [0.25, 0.3) is 0 Å². The Kier molecular flexibility index (Phi) is 2.57. The van der Waals surface area contributed by atoms with Crippen LogP contribution in [0.25, 0.3) is 0 Å². The van der Waals surface area contributed by atoms with E-state index in [1.165, 1.54) is 12.1 Å². The molecule has 7 heteroatoms. The van der Waals surface area contributed by atoms with E-state index in [4.69, 9.17) is 5.73 Å². The molecule has 2 heterocycles. The molecule has 1 unspecified atom stereocenters. The van der Waals surface area contributed by atoms with Gasteiger partial charge in [-0.1, -0.05) is 0 Å². The van der Waals surface area contributed by atoms with Gasteiger partial charge in [-0.25, -0.2) is 12.8 Å². The molecule has 1 aromatic carbocycles. The first kappa shape index (κ1) is 12.4. The van der Waals surface area contributed by atoms with E-state index in [-0.39, 0.29) is 17.3 Å². The summed E-state index contributed by atoms with van der Waals surface area (Å²) in [6.07, 6.45) is 0.497. The molecule has 5 nitrogen and oxygen atoms in total. The van der Waals surface area contributed by atoms with Gasteiger partial charge in [-0.05, 0) is 30.7 Å². The zero-order valence-corrected chi connectivity index (χ0v) is 11.0. The number of hydrogen-bond donors (Lipinski definition) is 1. The van der Waals surface area contributed by atoms with E-state index in [0.29, 0.717) is 24.6 Å². The van der Waals surface area contributed by atoms with Gasteiger partial charge < -0.3 is 10.6 Å². The third-order valence-electron chi connectivity index (χ3n) is 3.69. The molecule has 3 rings (SSSR count). The number of benzene rings is 1. The summed E-state index contributed by atoms with van der Waals surface area (Å²) in [7, 11) is -3.06. The quantitative estimate of drug-likeness (QED) is 0.815. The predicted octanol–water partition coefficient (Wildman–Crippen LogP) is 0.518. The Morgan fingerprint density at radius 1 is 1.32 bits per heavy atom. The van der Waals surface area contributed by atoms with E-state index in [2.05, 4.69) is 4.99 Å². The zero-order chi connectivity index (χ0) is 13.7. The van der Waals surface area contributed by atoms with Crippen LogP contribution in [0.2, 0.25) is 0 Å². The van der Waals surface area contributed by atoms with Gasteiger partial charge in [-0.2, -0.15) is 0 Å². The highest BCUT2D eigenvalue weighted by molar-refractivity contribution is 7.91. The molecular formula is C12H14FN3O2S. The van der Waals surface area contributed by atoms with Crippen molar-refractivity contribution in [2.75, 3.05) is 23.0 Å². The van der Waals surface area contributed by atoms with Crippen molar-refractivity contribution in [1.82, 2.24) is 0 Å². The van der Waals surface area contributed by atoms with Crippen molar-refractivity contribution in [2.24, 2.45) is 10.7 Å². The number of nitrogens with zero attached hydrogens (tertiary/aromatic N) is 2. The third-order valence-corrected chi connectivity index (χ3v) is 5.49. The van der Waals surface area contributed by atoms with E-state index in [1.54, 1.807) is 17.0 Å². The molecular weight excluding hydrogens is 269 g/mol. The van der Waals surface area contributed by atoms with Crippen LogP contribution in [0.4, 0.5) is 10.1 Å². The Labute approximate surface area is 110 Å². The van der Waals surface area contributed by atoms with E-state index in [0.717, 1.165) is 0 Å². The van der Waals surface area contributed by atoms with Crippen LogP contribution >= 0.6 is 0 Å². The van der Waals surface area contributed by atoms with Crippen molar-refractivity contribution >= 4 is 21.5 Å². The minimum atomic E-state index is -3.06.